The maximum absolute atomic E-state index is 13.2. The second kappa shape index (κ2) is 13.1. The normalized spacial score (nSPS) is 13.8. The van der Waals surface area contributed by atoms with Gasteiger partial charge >= 0.3 is 0 Å². The quantitative estimate of drug-likeness (QED) is 0.180. The van der Waals surface area contributed by atoms with Crippen molar-refractivity contribution in [3.05, 3.63) is 106 Å². The van der Waals surface area contributed by atoms with Gasteiger partial charge in [0.2, 0.25) is 0 Å². The number of thioether (sulfide) groups is 1. The van der Waals surface area contributed by atoms with Gasteiger partial charge in [0, 0.05) is 43.7 Å². The van der Waals surface area contributed by atoms with Gasteiger partial charge in [-0.2, -0.15) is 0 Å². The van der Waals surface area contributed by atoms with E-state index in [9.17, 15) is 4.79 Å². The molecule has 0 bridgehead atoms. The summed E-state index contributed by atoms with van der Waals surface area (Å²) in [6.45, 7) is 3.98. The first-order chi connectivity index (χ1) is 20.6. The molecule has 0 saturated carbocycles. The summed E-state index contributed by atoms with van der Waals surface area (Å²) in [7, 11) is 1.64. The second-order valence-corrected chi connectivity index (χ2v) is 12.1. The largest absolute Gasteiger partial charge is 0.495 e. The fraction of sp³-hybridized carbons (Fsp3) is 0.226. The highest BCUT2D eigenvalue weighted by Gasteiger charge is 2.25. The van der Waals surface area contributed by atoms with Crippen molar-refractivity contribution in [2.24, 2.45) is 0 Å². The van der Waals surface area contributed by atoms with Crippen LogP contribution < -0.4 is 4.74 Å². The standard InChI is InChI=1S/C31H29ClN6O2S2/c1-40-27-14-8-7-13-26(27)38-29(23-11-5-6-12-24(23)32)34-35-31(38)42-21-28-33-25(20-41-28)30(39)37-17-15-36(16-18-37)19-22-9-3-2-4-10-22/h2-14,20H,15-19,21H2,1H3. The lowest BCUT2D eigenvalue weighted by Gasteiger charge is -2.34. The Labute approximate surface area is 257 Å². The van der Waals surface area contributed by atoms with E-state index in [1.165, 1.54) is 28.7 Å². The number of carbonyl (C=O) groups excluding carboxylic acids is 1. The van der Waals surface area contributed by atoms with E-state index in [4.69, 9.17) is 21.3 Å². The van der Waals surface area contributed by atoms with Crippen molar-refractivity contribution in [1.29, 1.82) is 0 Å². The molecular formula is C31H29ClN6O2S2. The van der Waals surface area contributed by atoms with Gasteiger partial charge in [0.05, 0.1) is 23.6 Å². The number of para-hydroxylation sites is 2. The van der Waals surface area contributed by atoms with Crippen LogP contribution in [-0.2, 0) is 12.3 Å². The van der Waals surface area contributed by atoms with E-state index in [0.29, 0.717) is 46.3 Å². The van der Waals surface area contributed by atoms with Crippen molar-refractivity contribution >= 4 is 40.6 Å². The van der Waals surface area contributed by atoms with Crippen LogP contribution >= 0.6 is 34.7 Å². The van der Waals surface area contributed by atoms with Crippen LogP contribution in [0.15, 0.2) is 89.4 Å². The lowest BCUT2D eigenvalue weighted by Crippen LogP contribution is -2.48. The van der Waals surface area contributed by atoms with Crippen molar-refractivity contribution in [2.75, 3.05) is 33.3 Å². The first-order valence-electron chi connectivity index (χ1n) is 13.6. The highest BCUT2D eigenvalue weighted by Crippen LogP contribution is 2.36. The third-order valence-corrected chi connectivity index (χ3v) is 9.38. The number of nitrogens with zero attached hydrogens (tertiary/aromatic N) is 6. The number of piperazine rings is 1. The number of hydrogen-bond donors (Lipinski definition) is 0. The molecule has 0 spiro atoms. The van der Waals surface area contributed by atoms with Gasteiger partial charge in [0.1, 0.15) is 16.5 Å². The SMILES string of the molecule is COc1ccccc1-n1c(SCc2nc(C(=O)N3CCN(Cc4ccccc4)CC3)cs2)nnc1-c1ccccc1Cl. The summed E-state index contributed by atoms with van der Waals surface area (Å²) >= 11 is 9.54. The molecule has 214 valence electrons. The molecule has 3 aromatic carbocycles. The molecule has 1 amide bonds. The molecule has 0 unspecified atom stereocenters. The summed E-state index contributed by atoms with van der Waals surface area (Å²) in [6.07, 6.45) is 0. The molecule has 1 fully saturated rings. The van der Waals surface area contributed by atoms with Crippen LogP contribution in [0.4, 0.5) is 0 Å². The van der Waals surface area contributed by atoms with Gasteiger partial charge in [-0.1, -0.05) is 78.0 Å². The minimum absolute atomic E-state index is 0.0138. The molecule has 8 nitrogen and oxygen atoms in total. The molecule has 0 aliphatic carbocycles. The summed E-state index contributed by atoms with van der Waals surface area (Å²) in [5.74, 6) is 1.84. The summed E-state index contributed by atoms with van der Waals surface area (Å²) in [4.78, 5) is 22.2. The third-order valence-electron chi connectivity index (χ3n) is 7.08. The highest BCUT2D eigenvalue weighted by atomic mass is 35.5. The number of amides is 1. The summed E-state index contributed by atoms with van der Waals surface area (Å²) < 4.78 is 7.62. The Hall–Kier alpha value is -3.70. The van der Waals surface area contributed by atoms with Crippen LogP contribution in [0, 0.1) is 0 Å². The second-order valence-electron chi connectivity index (χ2n) is 9.76. The smallest absolute Gasteiger partial charge is 0.273 e. The van der Waals surface area contributed by atoms with Crippen molar-refractivity contribution in [1.82, 2.24) is 29.5 Å². The molecule has 6 rings (SSSR count). The van der Waals surface area contributed by atoms with E-state index >= 15 is 0 Å². The Bertz CT molecular complexity index is 1670. The predicted molar refractivity (Wildman–Crippen MR) is 168 cm³/mol. The van der Waals surface area contributed by atoms with Crippen LogP contribution in [0.25, 0.3) is 17.1 Å². The number of ether oxygens (including phenoxy) is 1. The van der Waals surface area contributed by atoms with E-state index in [-0.39, 0.29) is 5.91 Å². The number of aromatic nitrogens is 4. The van der Waals surface area contributed by atoms with E-state index in [2.05, 4.69) is 39.4 Å². The number of hydrogen-bond acceptors (Lipinski definition) is 8. The van der Waals surface area contributed by atoms with Crippen LogP contribution in [0.1, 0.15) is 21.1 Å². The molecule has 0 atom stereocenters. The van der Waals surface area contributed by atoms with Gasteiger partial charge < -0.3 is 9.64 Å². The minimum Gasteiger partial charge on any atom is -0.495 e. The van der Waals surface area contributed by atoms with Crippen LogP contribution in [0.3, 0.4) is 0 Å². The Morgan fingerprint density at radius 3 is 2.48 bits per heavy atom. The average Bonchev–Trinajstić information content (AvgIpc) is 3.68. The van der Waals surface area contributed by atoms with Crippen LogP contribution in [0.5, 0.6) is 5.75 Å². The van der Waals surface area contributed by atoms with Crippen molar-refractivity contribution in [3.8, 4) is 22.8 Å². The molecule has 0 N–H and O–H groups in total. The fourth-order valence-electron chi connectivity index (χ4n) is 4.93. The zero-order valence-corrected chi connectivity index (χ0v) is 25.4. The Morgan fingerprint density at radius 2 is 1.69 bits per heavy atom. The predicted octanol–water partition coefficient (Wildman–Crippen LogP) is 6.30. The molecule has 1 aliphatic rings. The number of carbonyl (C=O) groups is 1. The van der Waals surface area contributed by atoms with Gasteiger partial charge in [-0.25, -0.2) is 4.98 Å². The third kappa shape index (κ3) is 6.22. The molecule has 5 aromatic rings. The first kappa shape index (κ1) is 28.4. The van der Waals surface area contributed by atoms with Gasteiger partial charge in [-0.05, 0) is 29.8 Å². The van der Waals surface area contributed by atoms with E-state index < -0.39 is 0 Å². The van der Waals surface area contributed by atoms with Gasteiger partial charge in [0.15, 0.2) is 11.0 Å². The topological polar surface area (TPSA) is 76.4 Å². The van der Waals surface area contributed by atoms with Crippen molar-refractivity contribution in [2.45, 2.75) is 17.5 Å². The van der Waals surface area contributed by atoms with Crippen molar-refractivity contribution in [3.63, 3.8) is 0 Å². The Balaban J connectivity index is 1.15. The summed E-state index contributed by atoms with van der Waals surface area (Å²) in [6, 6.07) is 25.7. The molecular weight excluding hydrogens is 588 g/mol. The highest BCUT2D eigenvalue weighted by molar-refractivity contribution is 7.98. The van der Waals surface area contributed by atoms with E-state index in [1.807, 2.05) is 69.4 Å². The first-order valence-corrected chi connectivity index (χ1v) is 15.8. The van der Waals surface area contributed by atoms with Crippen molar-refractivity contribution < 1.29 is 9.53 Å². The van der Waals surface area contributed by atoms with Gasteiger partial charge in [0.25, 0.3) is 5.91 Å². The number of benzene rings is 3. The molecule has 42 heavy (non-hydrogen) atoms. The van der Waals surface area contributed by atoms with Gasteiger partial charge in [-0.15, -0.1) is 21.5 Å². The summed E-state index contributed by atoms with van der Waals surface area (Å²) in [5, 5.41) is 13.0. The molecule has 1 aliphatic heterocycles. The number of methoxy groups -OCH3 is 1. The number of thiazole rings is 1. The summed E-state index contributed by atoms with van der Waals surface area (Å²) in [5.41, 5.74) is 3.37. The molecule has 1 saturated heterocycles. The maximum atomic E-state index is 13.2. The zero-order valence-electron chi connectivity index (χ0n) is 23.0. The monoisotopic (exact) mass is 616 g/mol. The number of halogens is 1. The van der Waals surface area contributed by atoms with Gasteiger partial charge in [-0.3, -0.25) is 14.3 Å². The van der Waals surface area contributed by atoms with Crippen LogP contribution in [0.2, 0.25) is 5.02 Å². The average molecular weight is 617 g/mol. The zero-order chi connectivity index (χ0) is 28.9. The van der Waals surface area contributed by atoms with E-state index in [1.54, 1.807) is 7.11 Å². The Kier molecular flexibility index (Phi) is 8.85. The Morgan fingerprint density at radius 1 is 0.952 bits per heavy atom. The minimum atomic E-state index is -0.0138. The molecule has 11 heteroatoms. The lowest BCUT2D eigenvalue weighted by atomic mass is 10.2. The molecule has 2 aromatic heterocycles. The van der Waals surface area contributed by atoms with Crippen LogP contribution in [-0.4, -0.2) is 68.7 Å². The number of rotatable bonds is 9. The fourth-order valence-corrected chi connectivity index (χ4v) is 6.88. The van der Waals surface area contributed by atoms with E-state index in [0.717, 1.165) is 35.9 Å². The lowest BCUT2D eigenvalue weighted by molar-refractivity contribution is 0.0623. The molecule has 3 heterocycles. The maximum Gasteiger partial charge on any atom is 0.273 e. The molecule has 0 radical (unpaired) electrons.